The van der Waals surface area contributed by atoms with Crippen molar-refractivity contribution in [1.29, 1.82) is 0 Å². The van der Waals surface area contributed by atoms with Crippen molar-refractivity contribution in [3.63, 3.8) is 0 Å². The summed E-state index contributed by atoms with van der Waals surface area (Å²) in [5.41, 5.74) is 1.07. The van der Waals surface area contributed by atoms with E-state index in [1.165, 1.54) is 5.39 Å². The van der Waals surface area contributed by atoms with Crippen LogP contribution in [0.1, 0.15) is 19.4 Å². The lowest BCUT2D eigenvalue weighted by atomic mass is 10.0. The van der Waals surface area contributed by atoms with Crippen LogP contribution >= 0.6 is 0 Å². The SMILES string of the molecule is CC(C)CNC(=O)C=Cc1cccc2ccccc12. The maximum absolute atomic E-state index is 11.7. The number of hydrogen-bond donors (Lipinski definition) is 1. The predicted octanol–water partition coefficient (Wildman–Crippen LogP) is 3.63. The van der Waals surface area contributed by atoms with Gasteiger partial charge >= 0.3 is 0 Å². The van der Waals surface area contributed by atoms with Gasteiger partial charge in [0, 0.05) is 12.6 Å². The van der Waals surface area contributed by atoms with E-state index in [1.807, 2.05) is 30.3 Å². The van der Waals surface area contributed by atoms with Gasteiger partial charge in [0.15, 0.2) is 0 Å². The average Bonchev–Trinajstić information content (AvgIpc) is 2.42. The summed E-state index contributed by atoms with van der Waals surface area (Å²) in [5, 5.41) is 5.23. The van der Waals surface area contributed by atoms with Crippen LogP contribution in [0.2, 0.25) is 0 Å². The molecule has 1 N–H and O–H groups in total. The van der Waals surface area contributed by atoms with Gasteiger partial charge in [-0.25, -0.2) is 0 Å². The number of fused-ring (bicyclic) bond motifs is 1. The summed E-state index contributed by atoms with van der Waals surface area (Å²) in [7, 11) is 0. The number of benzene rings is 2. The molecule has 2 nitrogen and oxygen atoms in total. The lowest BCUT2D eigenvalue weighted by Crippen LogP contribution is -2.25. The average molecular weight is 253 g/mol. The largest absolute Gasteiger partial charge is 0.352 e. The van der Waals surface area contributed by atoms with Crippen molar-refractivity contribution in [3.05, 3.63) is 54.1 Å². The first-order chi connectivity index (χ1) is 9.16. The molecule has 0 saturated heterocycles. The molecule has 0 spiro atoms. The minimum Gasteiger partial charge on any atom is -0.352 e. The summed E-state index contributed by atoms with van der Waals surface area (Å²) in [6.07, 6.45) is 3.47. The number of amides is 1. The Hall–Kier alpha value is -2.09. The Kier molecular flexibility index (Phi) is 4.35. The Morgan fingerprint density at radius 1 is 1.16 bits per heavy atom. The molecule has 1 amide bonds. The highest BCUT2D eigenvalue weighted by Crippen LogP contribution is 2.19. The number of nitrogens with one attached hydrogen (secondary N) is 1. The molecule has 0 atom stereocenters. The van der Waals surface area contributed by atoms with E-state index in [9.17, 15) is 4.79 Å². The smallest absolute Gasteiger partial charge is 0.244 e. The molecule has 0 fully saturated rings. The minimum atomic E-state index is -0.0402. The summed E-state index contributed by atoms with van der Waals surface area (Å²) in [4.78, 5) is 11.7. The molecule has 19 heavy (non-hydrogen) atoms. The van der Waals surface area contributed by atoms with Crippen molar-refractivity contribution >= 4 is 22.8 Å². The summed E-state index contributed by atoms with van der Waals surface area (Å²) in [5.74, 6) is 0.427. The molecule has 0 saturated carbocycles. The Labute approximate surface area is 114 Å². The van der Waals surface area contributed by atoms with Crippen LogP contribution in [0.25, 0.3) is 16.8 Å². The molecule has 98 valence electrons. The van der Waals surface area contributed by atoms with Crippen LogP contribution in [0, 0.1) is 5.92 Å². The van der Waals surface area contributed by atoms with Gasteiger partial charge in [0.2, 0.25) is 5.91 Å². The zero-order valence-corrected chi connectivity index (χ0v) is 11.4. The summed E-state index contributed by atoms with van der Waals surface area (Å²) < 4.78 is 0. The molecule has 0 aromatic heterocycles. The quantitative estimate of drug-likeness (QED) is 0.828. The second-order valence-electron chi connectivity index (χ2n) is 5.04. The third-order valence-electron chi connectivity index (χ3n) is 2.92. The number of carbonyl (C=O) groups is 1. The number of carbonyl (C=O) groups excluding carboxylic acids is 1. The van der Waals surface area contributed by atoms with E-state index < -0.39 is 0 Å². The molecule has 2 aromatic carbocycles. The van der Waals surface area contributed by atoms with Gasteiger partial charge in [-0.1, -0.05) is 56.3 Å². The van der Waals surface area contributed by atoms with E-state index in [0.29, 0.717) is 12.5 Å². The lowest BCUT2D eigenvalue weighted by Gasteiger charge is -2.05. The van der Waals surface area contributed by atoms with Gasteiger partial charge in [-0.05, 0) is 28.3 Å². The van der Waals surface area contributed by atoms with Crippen LogP contribution in [0.5, 0.6) is 0 Å². The maximum atomic E-state index is 11.7. The van der Waals surface area contributed by atoms with Crippen LogP contribution in [0.3, 0.4) is 0 Å². The fourth-order valence-corrected chi connectivity index (χ4v) is 1.92. The van der Waals surface area contributed by atoms with Gasteiger partial charge in [-0.3, -0.25) is 4.79 Å². The first-order valence-electron chi connectivity index (χ1n) is 6.60. The van der Waals surface area contributed by atoms with E-state index in [-0.39, 0.29) is 5.91 Å². The molecule has 0 radical (unpaired) electrons. The van der Waals surface area contributed by atoms with Gasteiger partial charge in [-0.2, -0.15) is 0 Å². The zero-order chi connectivity index (χ0) is 13.7. The van der Waals surface area contributed by atoms with Gasteiger partial charge < -0.3 is 5.32 Å². The fourth-order valence-electron chi connectivity index (χ4n) is 1.92. The first-order valence-corrected chi connectivity index (χ1v) is 6.60. The molecule has 0 aliphatic carbocycles. The maximum Gasteiger partial charge on any atom is 0.244 e. The summed E-state index contributed by atoms with van der Waals surface area (Å²) >= 11 is 0. The topological polar surface area (TPSA) is 29.1 Å². The van der Waals surface area contributed by atoms with Crippen molar-refractivity contribution < 1.29 is 4.79 Å². The summed E-state index contributed by atoms with van der Waals surface area (Å²) in [6.45, 7) is 4.86. The van der Waals surface area contributed by atoms with Crippen molar-refractivity contribution in [2.45, 2.75) is 13.8 Å². The lowest BCUT2D eigenvalue weighted by molar-refractivity contribution is -0.116. The van der Waals surface area contributed by atoms with Crippen LogP contribution in [0.4, 0.5) is 0 Å². The second-order valence-corrected chi connectivity index (χ2v) is 5.04. The van der Waals surface area contributed by atoms with Crippen molar-refractivity contribution in [3.8, 4) is 0 Å². The standard InChI is InChI=1S/C17H19NO/c1-13(2)12-18-17(19)11-10-15-8-5-7-14-6-3-4-9-16(14)15/h3-11,13H,12H2,1-2H3,(H,18,19). The second kappa shape index (κ2) is 6.19. The van der Waals surface area contributed by atoms with E-state index in [4.69, 9.17) is 0 Å². The molecule has 0 unspecified atom stereocenters. The third-order valence-corrected chi connectivity index (χ3v) is 2.92. The molecule has 2 aromatic rings. The highest BCUT2D eigenvalue weighted by molar-refractivity contribution is 5.96. The molecule has 0 aliphatic rings. The van der Waals surface area contributed by atoms with Crippen LogP contribution in [-0.4, -0.2) is 12.5 Å². The normalized spacial score (nSPS) is 11.3. The zero-order valence-electron chi connectivity index (χ0n) is 11.4. The Morgan fingerprint density at radius 2 is 1.89 bits per heavy atom. The highest BCUT2D eigenvalue weighted by Gasteiger charge is 1.99. The van der Waals surface area contributed by atoms with Crippen molar-refractivity contribution in [1.82, 2.24) is 5.32 Å². The Morgan fingerprint density at radius 3 is 2.68 bits per heavy atom. The molecule has 2 rings (SSSR count). The van der Waals surface area contributed by atoms with Gasteiger partial charge in [0.05, 0.1) is 0 Å². The van der Waals surface area contributed by atoms with E-state index in [1.54, 1.807) is 6.08 Å². The Balaban J connectivity index is 2.15. The monoisotopic (exact) mass is 253 g/mol. The fraction of sp³-hybridized carbons (Fsp3) is 0.235. The van der Waals surface area contributed by atoms with E-state index >= 15 is 0 Å². The number of rotatable bonds is 4. The minimum absolute atomic E-state index is 0.0402. The van der Waals surface area contributed by atoms with Crippen LogP contribution in [0.15, 0.2) is 48.5 Å². The van der Waals surface area contributed by atoms with Crippen molar-refractivity contribution in [2.75, 3.05) is 6.54 Å². The van der Waals surface area contributed by atoms with Crippen LogP contribution < -0.4 is 5.32 Å². The molecule has 0 aliphatic heterocycles. The first kappa shape index (κ1) is 13.3. The molecular formula is C17H19NO. The Bertz CT molecular complexity index is 594. The van der Waals surface area contributed by atoms with Crippen LogP contribution in [-0.2, 0) is 4.79 Å². The van der Waals surface area contributed by atoms with E-state index in [2.05, 4.69) is 37.4 Å². The molecule has 0 heterocycles. The number of hydrogen-bond acceptors (Lipinski definition) is 1. The van der Waals surface area contributed by atoms with Crippen molar-refractivity contribution in [2.24, 2.45) is 5.92 Å². The third kappa shape index (κ3) is 3.68. The summed E-state index contributed by atoms with van der Waals surface area (Å²) in [6, 6.07) is 14.3. The van der Waals surface area contributed by atoms with Gasteiger partial charge in [0.1, 0.15) is 0 Å². The van der Waals surface area contributed by atoms with Gasteiger partial charge in [-0.15, -0.1) is 0 Å². The van der Waals surface area contributed by atoms with Gasteiger partial charge in [0.25, 0.3) is 0 Å². The predicted molar refractivity (Wildman–Crippen MR) is 80.8 cm³/mol. The molecule has 2 heteroatoms. The molecular weight excluding hydrogens is 234 g/mol. The molecule has 0 bridgehead atoms. The highest BCUT2D eigenvalue weighted by atomic mass is 16.1. The van der Waals surface area contributed by atoms with E-state index in [0.717, 1.165) is 10.9 Å².